The molecule has 5 nitrogen and oxygen atoms in total. The average molecular weight is 322 g/mol. The van der Waals surface area contributed by atoms with Crippen molar-refractivity contribution >= 4 is 21.9 Å². The molecule has 1 saturated heterocycles. The molecule has 1 aromatic carbocycles. The van der Waals surface area contributed by atoms with Gasteiger partial charge in [0.2, 0.25) is 10.7 Å². The quantitative estimate of drug-likeness (QED) is 0.933. The van der Waals surface area contributed by atoms with Crippen molar-refractivity contribution in [2.45, 2.75) is 19.0 Å². The maximum atomic E-state index is 5.96. The first-order valence-corrected chi connectivity index (χ1v) is 7.16. The smallest absolute Gasteiger partial charge is 0.225 e. The third-order valence-corrected chi connectivity index (χ3v) is 3.64. The molecule has 0 bridgehead atoms. The molecule has 1 unspecified atom stereocenters. The lowest BCUT2D eigenvalue weighted by molar-refractivity contribution is 0.663. The second-order valence-electron chi connectivity index (χ2n) is 4.82. The predicted octanol–water partition coefficient (Wildman–Crippen LogP) is 1.63. The number of anilines is 1. The van der Waals surface area contributed by atoms with Gasteiger partial charge in [0.15, 0.2) is 0 Å². The molecule has 1 atom stereocenters. The van der Waals surface area contributed by atoms with Crippen LogP contribution in [-0.2, 0) is 6.54 Å². The van der Waals surface area contributed by atoms with Crippen molar-refractivity contribution < 1.29 is 0 Å². The molecule has 6 heteroatoms. The first kappa shape index (κ1) is 12.6. The fourth-order valence-corrected chi connectivity index (χ4v) is 2.72. The third kappa shape index (κ3) is 2.79. The van der Waals surface area contributed by atoms with Crippen LogP contribution in [0, 0.1) is 0 Å². The van der Waals surface area contributed by atoms with Crippen LogP contribution >= 0.6 is 15.9 Å². The van der Waals surface area contributed by atoms with Gasteiger partial charge in [-0.15, -0.1) is 5.10 Å². The number of benzene rings is 1. The molecule has 0 saturated carbocycles. The van der Waals surface area contributed by atoms with Crippen LogP contribution in [0.25, 0.3) is 0 Å². The lowest BCUT2D eigenvalue weighted by Gasteiger charge is -2.17. The Balaban J connectivity index is 1.85. The van der Waals surface area contributed by atoms with Crippen LogP contribution in [0.5, 0.6) is 0 Å². The highest BCUT2D eigenvalue weighted by molar-refractivity contribution is 9.10. The van der Waals surface area contributed by atoms with Gasteiger partial charge in [-0.05, 0) is 27.9 Å². The number of aromatic nitrogens is 3. The zero-order valence-electron chi connectivity index (χ0n) is 10.5. The molecule has 0 spiro atoms. The summed E-state index contributed by atoms with van der Waals surface area (Å²) < 4.78 is 2.55. The van der Waals surface area contributed by atoms with E-state index in [-0.39, 0.29) is 6.04 Å². The monoisotopic (exact) mass is 321 g/mol. The maximum Gasteiger partial charge on any atom is 0.225 e. The van der Waals surface area contributed by atoms with E-state index in [0.29, 0.717) is 4.73 Å². The molecule has 1 aliphatic heterocycles. The van der Waals surface area contributed by atoms with E-state index in [4.69, 9.17) is 5.73 Å². The van der Waals surface area contributed by atoms with Gasteiger partial charge in [-0.1, -0.05) is 30.3 Å². The Hall–Kier alpha value is -1.40. The van der Waals surface area contributed by atoms with E-state index in [0.717, 1.165) is 32.0 Å². The molecule has 1 aromatic heterocycles. The summed E-state index contributed by atoms with van der Waals surface area (Å²) in [7, 11) is 0. The van der Waals surface area contributed by atoms with E-state index >= 15 is 0 Å². The zero-order valence-corrected chi connectivity index (χ0v) is 12.1. The predicted molar refractivity (Wildman–Crippen MR) is 78.1 cm³/mol. The van der Waals surface area contributed by atoms with Gasteiger partial charge in [-0.3, -0.25) is 0 Å². The summed E-state index contributed by atoms with van der Waals surface area (Å²) in [6, 6.07) is 10.5. The summed E-state index contributed by atoms with van der Waals surface area (Å²) in [6.45, 7) is 2.52. The van der Waals surface area contributed by atoms with Crippen molar-refractivity contribution in [2.24, 2.45) is 5.73 Å². The first-order valence-electron chi connectivity index (χ1n) is 6.37. The summed E-state index contributed by atoms with van der Waals surface area (Å²) in [5.41, 5.74) is 7.17. The number of hydrogen-bond donors (Lipinski definition) is 1. The average Bonchev–Trinajstić information content (AvgIpc) is 2.97. The van der Waals surface area contributed by atoms with Crippen molar-refractivity contribution in [1.29, 1.82) is 0 Å². The lowest BCUT2D eigenvalue weighted by atomic mass is 10.2. The summed E-state index contributed by atoms with van der Waals surface area (Å²) in [4.78, 5) is 6.66. The standard InChI is InChI=1S/C13H16BrN5/c14-12-16-13(18-7-6-11(15)9-18)19(17-12)8-10-4-2-1-3-5-10/h1-5,11H,6-9,15H2. The van der Waals surface area contributed by atoms with Crippen molar-refractivity contribution in [3.05, 3.63) is 40.6 Å². The molecule has 3 rings (SSSR count). The number of nitrogens with zero attached hydrogens (tertiary/aromatic N) is 4. The number of rotatable bonds is 3. The highest BCUT2D eigenvalue weighted by Crippen LogP contribution is 2.20. The molecule has 0 aliphatic carbocycles. The van der Waals surface area contributed by atoms with Crippen LogP contribution in [0.1, 0.15) is 12.0 Å². The van der Waals surface area contributed by atoms with Crippen LogP contribution in [0.2, 0.25) is 0 Å². The Morgan fingerprint density at radius 2 is 2.11 bits per heavy atom. The Kier molecular flexibility index (Phi) is 3.52. The van der Waals surface area contributed by atoms with Crippen LogP contribution in [0.4, 0.5) is 5.95 Å². The second-order valence-corrected chi connectivity index (χ2v) is 5.53. The van der Waals surface area contributed by atoms with E-state index < -0.39 is 0 Å². The molecule has 2 N–H and O–H groups in total. The van der Waals surface area contributed by atoms with Crippen LogP contribution in [0.3, 0.4) is 0 Å². The molecular formula is C13H16BrN5. The number of halogens is 1. The summed E-state index contributed by atoms with van der Waals surface area (Å²) in [6.07, 6.45) is 1.01. The Morgan fingerprint density at radius 3 is 2.79 bits per heavy atom. The van der Waals surface area contributed by atoms with Gasteiger partial charge in [0, 0.05) is 19.1 Å². The summed E-state index contributed by atoms with van der Waals surface area (Å²) >= 11 is 3.36. The zero-order chi connectivity index (χ0) is 13.2. The minimum atomic E-state index is 0.237. The van der Waals surface area contributed by atoms with E-state index in [1.54, 1.807) is 0 Å². The maximum absolute atomic E-state index is 5.96. The minimum absolute atomic E-state index is 0.237. The van der Waals surface area contributed by atoms with Gasteiger partial charge in [0.05, 0.1) is 6.54 Å². The molecule has 0 amide bonds. The highest BCUT2D eigenvalue weighted by atomic mass is 79.9. The SMILES string of the molecule is NC1CCN(c2nc(Br)nn2Cc2ccccc2)C1. The van der Waals surface area contributed by atoms with Crippen LogP contribution in [0.15, 0.2) is 35.1 Å². The Morgan fingerprint density at radius 1 is 1.32 bits per heavy atom. The fourth-order valence-electron chi connectivity index (χ4n) is 2.37. The minimum Gasteiger partial charge on any atom is -0.339 e. The normalized spacial score (nSPS) is 19.1. The second kappa shape index (κ2) is 5.30. The van der Waals surface area contributed by atoms with Gasteiger partial charge in [0.25, 0.3) is 0 Å². The molecule has 1 fully saturated rings. The van der Waals surface area contributed by atoms with Gasteiger partial charge in [-0.25, -0.2) is 4.68 Å². The van der Waals surface area contributed by atoms with Crippen molar-refractivity contribution in [3.8, 4) is 0 Å². The van der Waals surface area contributed by atoms with Crippen molar-refractivity contribution in [2.75, 3.05) is 18.0 Å². The summed E-state index contributed by atoms with van der Waals surface area (Å²) in [5.74, 6) is 0.892. The lowest BCUT2D eigenvalue weighted by Crippen LogP contribution is -2.28. The molecule has 2 aromatic rings. The fraction of sp³-hybridized carbons (Fsp3) is 0.385. The number of hydrogen-bond acceptors (Lipinski definition) is 4. The third-order valence-electron chi connectivity index (χ3n) is 3.31. The molecule has 19 heavy (non-hydrogen) atoms. The Labute approximate surface area is 120 Å². The molecule has 2 heterocycles. The molecule has 100 valence electrons. The summed E-state index contributed by atoms with van der Waals surface area (Å²) in [5, 5.41) is 4.42. The Bertz CT molecular complexity index is 553. The van der Waals surface area contributed by atoms with Gasteiger partial charge >= 0.3 is 0 Å². The molecular weight excluding hydrogens is 306 g/mol. The van der Waals surface area contributed by atoms with Crippen molar-refractivity contribution in [3.63, 3.8) is 0 Å². The molecule has 0 radical (unpaired) electrons. The topological polar surface area (TPSA) is 60.0 Å². The van der Waals surface area contributed by atoms with E-state index in [1.807, 2.05) is 22.9 Å². The molecule has 1 aliphatic rings. The van der Waals surface area contributed by atoms with E-state index in [2.05, 4.69) is 43.0 Å². The largest absolute Gasteiger partial charge is 0.339 e. The van der Waals surface area contributed by atoms with Gasteiger partial charge in [0.1, 0.15) is 0 Å². The van der Waals surface area contributed by atoms with Crippen molar-refractivity contribution in [1.82, 2.24) is 14.8 Å². The van der Waals surface area contributed by atoms with Crippen LogP contribution in [-0.4, -0.2) is 33.9 Å². The van der Waals surface area contributed by atoms with E-state index in [1.165, 1.54) is 5.56 Å². The first-order chi connectivity index (χ1) is 9.22. The van der Waals surface area contributed by atoms with E-state index in [9.17, 15) is 0 Å². The van der Waals surface area contributed by atoms with Gasteiger partial charge < -0.3 is 10.6 Å². The highest BCUT2D eigenvalue weighted by Gasteiger charge is 2.24. The number of nitrogens with two attached hydrogens (primary N) is 1. The van der Waals surface area contributed by atoms with Gasteiger partial charge in [-0.2, -0.15) is 4.98 Å². The van der Waals surface area contributed by atoms with Crippen LogP contribution < -0.4 is 10.6 Å².